The fourth-order valence-electron chi connectivity index (χ4n) is 2.82. The van der Waals surface area contributed by atoms with Crippen molar-refractivity contribution in [2.45, 2.75) is 39.3 Å². The molecule has 2 aromatic rings. The summed E-state index contributed by atoms with van der Waals surface area (Å²) in [5.74, 6) is 0. The Hall–Kier alpha value is -0.910. The van der Waals surface area contributed by atoms with Gasteiger partial charge < -0.3 is 10.2 Å². The lowest BCUT2D eigenvalue weighted by atomic mass is 10.0. The van der Waals surface area contributed by atoms with E-state index in [1.807, 2.05) is 29.7 Å². The molecule has 0 radical (unpaired) electrons. The summed E-state index contributed by atoms with van der Waals surface area (Å²) >= 11 is 3.72. The fourth-order valence-corrected chi connectivity index (χ4v) is 5.02. The number of nitrogens with one attached hydrogen (secondary N) is 1. The number of aromatic nitrogens is 1. The van der Waals surface area contributed by atoms with Crippen molar-refractivity contribution in [1.82, 2.24) is 10.3 Å². The van der Waals surface area contributed by atoms with Gasteiger partial charge in [-0.05, 0) is 51.2 Å². The van der Waals surface area contributed by atoms with Gasteiger partial charge in [-0.2, -0.15) is 0 Å². The van der Waals surface area contributed by atoms with Crippen molar-refractivity contribution in [3.63, 3.8) is 0 Å². The molecule has 3 heterocycles. The predicted octanol–water partition coefficient (Wildman–Crippen LogP) is 3.92. The van der Waals surface area contributed by atoms with Crippen molar-refractivity contribution in [2.24, 2.45) is 0 Å². The standard InChI is InChI=1S/C15H21N3S2/c1-9(16-4)14-10(2)17-15(20-14)18-7-5-13-12(11(18)3)6-8-19-13/h6,8-9,11,16H,5,7H2,1-4H3. The zero-order chi connectivity index (χ0) is 14.3. The molecule has 0 bridgehead atoms. The maximum atomic E-state index is 4.82. The molecule has 2 unspecified atom stereocenters. The van der Waals surface area contributed by atoms with E-state index in [1.165, 1.54) is 15.6 Å². The van der Waals surface area contributed by atoms with Crippen LogP contribution in [0.1, 0.15) is 46.9 Å². The van der Waals surface area contributed by atoms with E-state index in [1.54, 1.807) is 4.88 Å². The van der Waals surface area contributed by atoms with Crippen molar-refractivity contribution < 1.29 is 0 Å². The lowest BCUT2D eigenvalue weighted by molar-refractivity contribution is 0.630. The van der Waals surface area contributed by atoms with Crippen LogP contribution in [0.25, 0.3) is 0 Å². The van der Waals surface area contributed by atoms with Crippen molar-refractivity contribution in [3.05, 3.63) is 32.5 Å². The zero-order valence-electron chi connectivity index (χ0n) is 12.4. The normalized spacial score (nSPS) is 20.0. The minimum Gasteiger partial charge on any atom is -0.341 e. The predicted molar refractivity (Wildman–Crippen MR) is 88.1 cm³/mol. The number of nitrogens with zero attached hydrogens (tertiary/aromatic N) is 2. The molecule has 2 atom stereocenters. The lowest BCUT2D eigenvalue weighted by Crippen LogP contribution is -2.32. The first-order chi connectivity index (χ1) is 9.61. The Balaban J connectivity index is 1.91. The van der Waals surface area contributed by atoms with E-state index in [2.05, 4.69) is 42.4 Å². The number of aryl methyl sites for hydroxylation is 1. The van der Waals surface area contributed by atoms with E-state index in [9.17, 15) is 0 Å². The van der Waals surface area contributed by atoms with Gasteiger partial charge in [0.15, 0.2) is 5.13 Å². The number of thiophene rings is 1. The second-order valence-electron chi connectivity index (χ2n) is 5.37. The Labute approximate surface area is 128 Å². The second-order valence-corrected chi connectivity index (χ2v) is 7.38. The van der Waals surface area contributed by atoms with Gasteiger partial charge in [0.1, 0.15) is 0 Å². The monoisotopic (exact) mass is 307 g/mol. The first-order valence-electron chi connectivity index (χ1n) is 7.09. The van der Waals surface area contributed by atoms with Crippen LogP contribution in [0.2, 0.25) is 0 Å². The fraction of sp³-hybridized carbons (Fsp3) is 0.533. The Morgan fingerprint density at radius 2 is 2.30 bits per heavy atom. The van der Waals surface area contributed by atoms with Gasteiger partial charge in [0.25, 0.3) is 0 Å². The van der Waals surface area contributed by atoms with Crippen LogP contribution in [-0.2, 0) is 6.42 Å². The maximum absolute atomic E-state index is 4.82. The third kappa shape index (κ3) is 2.28. The maximum Gasteiger partial charge on any atom is 0.186 e. The molecule has 108 valence electrons. The molecule has 5 heteroatoms. The summed E-state index contributed by atoms with van der Waals surface area (Å²) in [7, 11) is 2.00. The second kappa shape index (κ2) is 5.47. The van der Waals surface area contributed by atoms with Crippen molar-refractivity contribution in [2.75, 3.05) is 18.5 Å². The van der Waals surface area contributed by atoms with E-state index in [-0.39, 0.29) is 0 Å². The molecule has 0 saturated carbocycles. The smallest absolute Gasteiger partial charge is 0.186 e. The topological polar surface area (TPSA) is 28.2 Å². The molecular weight excluding hydrogens is 286 g/mol. The van der Waals surface area contributed by atoms with E-state index in [0.717, 1.165) is 18.7 Å². The summed E-state index contributed by atoms with van der Waals surface area (Å²) in [6, 6.07) is 3.08. The van der Waals surface area contributed by atoms with Crippen LogP contribution in [0.4, 0.5) is 5.13 Å². The zero-order valence-corrected chi connectivity index (χ0v) is 14.1. The largest absolute Gasteiger partial charge is 0.341 e. The molecule has 3 nitrogen and oxygen atoms in total. The van der Waals surface area contributed by atoms with Crippen LogP contribution in [0, 0.1) is 6.92 Å². The summed E-state index contributed by atoms with van der Waals surface area (Å²) in [5, 5.41) is 6.70. The van der Waals surface area contributed by atoms with Crippen LogP contribution in [0.3, 0.4) is 0 Å². The molecule has 0 spiro atoms. The van der Waals surface area contributed by atoms with Crippen molar-refractivity contribution in [3.8, 4) is 0 Å². The molecular formula is C15H21N3S2. The number of hydrogen-bond acceptors (Lipinski definition) is 5. The highest BCUT2D eigenvalue weighted by molar-refractivity contribution is 7.15. The van der Waals surface area contributed by atoms with Crippen LogP contribution < -0.4 is 10.2 Å². The highest BCUT2D eigenvalue weighted by Gasteiger charge is 2.27. The number of fused-ring (bicyclic) bond motifs is 1. The number of thiazole rings is 1. The molecule has 2 aromatic heterocycles. The van der Waals surface area contributed by atoms with Crippen molar-refractivity contribution >= 4 is 27.8 Å². The van der Waals surface area contributed by atoms with Gasteiger partial charge >= 0.3 is 0 Å². The van der Waals surface area contributed by atoms with E-state index in [0.29, 0.717) is 12.1 Å². The van der Waals surface area contributed by atoms with E-state index < -0.39 is 0 Å². The van der Waals surface area contributed by atoms with E-state index >= 15 is 0 Å². The SMILES string of the molecule is CNC(C)c1sc(N2CCc3sccc3C2C)nc1C. The number of rotatable bonds is 3. The van der Waals surface area contributed by atoms with Gasteiger partial charge in [0, 0.05) is 22.3 Å². The Morgan fingerprint density at radius 1 is 1.50 bits per heavy atom. The van der Waals surface area contributed by atoms with Gasteiger partial charge in [-0.1, -0.05) is 11.3 Å². The molecule has 1 aliphatic rings. The van der Waals surface area contributed by atoms with Gasteiger partial charge in [-0.25, -0.2) is 4.98 Å². The summed E-state index contributed by atoms with van der Waals surface area (Å²) in [5.41, 5.74) is 2.65. The molecule has 0 aliphatic carbocycles. The first-order valence-corrected chi connectivity index (χ1v) is 8.79. The third-order valence-corrected chi connectivity index (χ3v) is 6.54. The average molecular weight is 307 g/mol. The molecule has 3 rings (SSSR count). The summed E-state index contributed by atoms with van der Waals surface area (Å²) in [4.78, 5) is 10.2. The van der Waals surface area contributed by atoms with Gasteiger partial charge in [0.05, 0.1) is 11.7 Å². The van der Waals surface area contributed by atoms with Gasteiger partial charge in [-0.15, -0.1) is 11.3 Å². The van der Waals surface area contributed by atoms with Crippen LogP contribution in [0.15, 0.2) is 11.4 Å². The summed E-state index contributed by atoms with van der Waals surface area (Å²) in [6.07, 6.45) is 1.15. The first kappa shape index (κ1) is 14.0. The quantitative estimate of drug-likeness (QED) is 0.931. The molecule has 0 saturated heterocycles. The van der Waals surface area contributed by atoms with Gasteiger partial charge in [0.2, 0.25) is 0 Å². The molecule has 1 N–H and O–H groups in total. The third-order valence-electron chi connectivity index (χ3n) is 4.17. The van der Waals surface area contributed by atoms with Crippen LogP contribution in [0.5, 0.6) is 0 Å². The van der Waals surface area contributed by atoms with Gasteiger partial charge in [-0.3, -0.25) is 0 Å². The molecule has 20 heavy (non-hydrogen) atoms. The molecule has 0 aromatic carbocycles. The minimum atomic E-state index is 0.373. The van der Waals surface area contributed by atoms with Crippen molar-refractivity contribution in [1.29, 1.82) is 0 Å². The Morgan fingerprint density at radius 3 is 3.05 bits per heavy atom. The average Bonchev–Trinajstić information content (AvgIpc) is 3.05. The molecule has 1 aliphatic heterocycles. The number of hydrogen-bond donors (Lipinski definition) is 1. The van der Waals surface area contributed by atoms with E-state index in [4.69, 9.17) is 4.98 Å². The summed E-state index contributed by atoms with van der Waals surface area (Å²) in [6.45, 7) is 7.69. The highest BCUT2D eigenvalue weighted by atomic mass is 32.1. The number of anilines is 1. The summed E-state index contributed by atoms with van der Waals surface area (Å²) < 4.78 is 0. The molecule has 0 fully saturated rings. The lowest BCUT2D eigenvalue weighted by Gasteiger charge is -2.33. The highest BCUT2D eigenvalue weighted by Crippen LogP contribution is 2.39. The molecule has 0 amide bonds. The Bertz CT molecular complexity index is 602. The Kier molecular flexibility index (Phi) is 3.84. The van der Waals surface area contributed by atoms with Crippen LogP contribution in [-0.4, -0.2) is 18.6 Å². The minimum absolute atomic E-state index is 0.373. The van der Waals surface area contributed by atoms with Crippen LogP contribution >= 0.6 is 22.7 Å².